The molecule has 3 rings (SSSR count). The van der Waals surface area contributed by atoms with E-state index in [9.17, 15) is 4.21 Å². The van der Waals surface area contributed by atoms with Crippen LogP contribution in [0.3, 0.4) is 0 Å². The largest absolute Gasteiger partial charge is 0.246 e. The number of halogens is 1. The Morgan fingerprint density at radius 2 is 1.73 bits per heavy atom. The summed E-state index contributed by atoms with van der Waals surface area (Å²) in [7, 11) is -1.32. The minimum atomic E-state index is -1.32. The monoisotopic (exact) mass is 334 g/mol. The minimum Gasteiger partial charge on any atom is -0.246 e. The minimum absolute atomic E-state index is 0.632. The van der Waals surface area contributed by atoms with Crippen molar-refractivity contribution in [2.24, 2.45) is 0 Å². The Bertz CT molecular complexity index is 809. The van der Waals surface area contributed by atoms with Gasteiger partial charge in [-0.3, -0.25) is 0 Å². The fraction of sp³-hybridized carbons (Fsp3) is 0.235. The molecule has 116 valence electrons. The molecule has 0 aliphatic carbocycles. The lowest BCUT2D eigenvalue weighted by Gasteiger charge is -2.05. The van der Waals surface area contributed by atoms with Gasteiger partial charge in [0.25, 0.3) is 0 Å². The third-order valence-corrected chi connectivity index (χ3v) is 4.82. The second-order valence-electron chi connectivity index (χ2n) is 4.69. The molecule has 1 unspecified atom stereocenters. The summed E-state index contributed by atoms with van der Waals surface area (Å²) in [4.78, 5) is 5.06. The average Bonchev–Trinajstić information content (AvgIpc) is 2.88. The molecule has 3 nitrogen and oxygen atoms in total. The maximum Gasteiger partial charge on any atom is 0.158 e. The molecule has 0 spiro atoms. The molecule has 2 aromatic heterocycles. The van der Waals surface area contributed by atoms with Crippen LogP contribution in [-0.4, -0.2) is 13.2 Å². The predicted molar refractivity (Wildman–Crippen MR) is 93.8 cm³/mol. The molecule has 0 fully saturated rings. The normalized spacial score (nSPS) is 11.9. The van der Waals surface area contributed by atoms with Crippen LogP contribution in [0.15, 0.2) is 47.6 Å². The number of nitrogens with zero attached hydrogens (tertiary/aromatic N) is 2. The quantitative estimate of drug-likeness (QED) is 0.667. The van der Waals surface area contributed by atoms with E-state index >= 15 is 0 Å². The highest BCUT2D eigenvalue weighted by Gasteiger charge is 2.15. The number of fused-ring (bicyclic) bond motifs is 1. The van der Waals surface area contributed by atoms with E-state index in [0.29, 0.717) is 10.7 Å². The number of aryl methyl sites for hydroxylation is 2. The van der Waals surface area contributed by atoms with Crippen molar-refractivity contribution >= 4 is 33.6 Å². The lowest BCUT2D eigenvalue weighted by molar-refractivity contribution is 0.678. The first-order valence-electron chi connectivity index (χ1n) is 7.19. The van der Waals surface area contributed by atoms with E-state index in [-0.39, 0.29) is 0 Å². The van der Waals surface area contributed by atoms with Gasteiger partial charge < -0.3 is 0 Å². The molecule has 0 amide bonds. The summed E-state index contributed by atoms with van der Waals surface area (Å²) in [5.41, 5.74) is 2.76. The van der Waals surface area contributed by atoms with Crippen molar-refractivity contribution in [1.82, 2.24) is 8.96 Å². The van der Waals surface area contributed by atoms with Crippen molar-refractivity contribution < 1.29 is 4.21 Å². The summed E-state index contributed by atoms with van der Waals surface area (Å²) in [6.45, 7) is 7.95. The van der Waals surface area contributed by atoms with Crippen molar-refractivity contribution in [3.63, 3.8) is 0 Å². The van der Waals surface area contributed by atoms with Crippen LogP contribution >= 0.6 is 11.6 Å². The highest BCUT2D eigenvalue weighted by atomic mass is 35.5. The highest BCUT2D eigenvalue weighted by Crippen LogP contribution is 2.28. The van der Waals surface area contributed by atoms with E-state index in [2.05, 4.69) is 4.98 Å². The molecule has 0 aliphatic heterocycles. The molecule has 0 saturated heterocycles. The lowest BCUT2D eigenvalue weighted by atomic mass is 10.2. The third kappa shape index (κ3) is 3.08. The van der Waals surface area contributed by atoms with Gasteiger partial charge in [0.2, 0.25) is 0 Å². The summed E-state index contributed by atoms with van der Waals surface area (Å²) in [6, 6.07) is 9.39. The molecule has 1 atom stereocenters. The predicted octanol–water partition coefficient (Wildman–Crippen LogP) is 4.90. The SMILES string of the molecule is CC.Cc1ccc(S(=O)n2cc(C)c3c(Cl)ccnc32)cc1. The van der Waals surface area contributed by atoms with Crippen LogP contribution in [0, 0.1) is 13.8 Å². The van der Waals surface area contributed by atoms with Crippen LogP contribution in [0.5, 0.6) is 0 Å². The summed E-state index contributed by atoms with van der Waals surface area (Å²) >= 11 is 6.19. The van der Waals surface area contributed by atoms with Crippen LogP contribution in [0.2, 0.25) is 5.02 Å². The first kappa shape index (κ1) is 16.7. The average molecular weight is 335 g/mol. The Labute approximate surface area is 138 Å². The molecular weight excluding hydrogens is 316 g/mol. The van der Waals surface area contributed by atoms with Gasteiger partial charge in [-0.1, -0.05) is 43.1 Å². The molecular formula is C17H19ClN2OS. The van der Waals surface area contributed by atoms with Crippen molar-refractivity contribution in [3.8, 4) is 0 Å². The second-order valence-corrected chi connectivity index (χ2v) is 6.46. The zero-order chi connectivity index (χ0) is 16.3. The van der Waals surface area contributed by atoms with Gasteiger partial charge in [0.1, 0.15) is 0 Å². The zero-order valence-electron chi connectivity index (χ0n) is 13.1. The van der Waals surface area contributed by atoms with Crippen LogP contribution in [0.4, 0.5) is 0 Å². The maximum absolute atomic E-state index is 12.7. The molecule has 0 aliphatic rings. The van der Waals surface area contributed by atoms with Crippen LogP contribution in [0.25, 0.3) is 11.0 Å². The molecule has 5 heteroatoms. The van der Waals surface area contributed by atoms with Crippen molar-refractivity contribution in [1.29, 1.82) is 0 Å². The van der Waals surface area contributed by atoms with Crippen molar-refractivity contribution in [3.05, 3.63) is 58.9 Å². The van der Waals surface area contributed by atoms with Gasteiger partial charge in [-0.15, -0.1) is 0 Å². The first-order valence-corrected chi connectivity index (χ1v) is 8.67. The van der Waals surface area contributed by atoms with Gasteiger partial charge in [0.15, 0.2) is 16.6 Å². The van der Waals surface area contributed by atoms with Crippen LogP contribution in [-0.2, 0) is 11.0 Å². The lowest BCUT2D eigenvalue weighted by Crippen LogP contribution is -2.04. The fourth-order valence-corrected chi connectivity index (χ4v) is 3.59. The number of hydrogen-bond donors (Lipinski definition) is 0. The molecule has 0 N–H and O–H groups in total. The van der Waals surface area contributed by atoms with Gasteiger partial charge in [-0.05, 0) is 37.6 Å². The van der Waals surface area contributed by atoms with E-state index < -0.39 is 11.0 Å². The first-order chi connectivity index (χ1) is 10.6. The Kier molecular flexibility index (Phi) is 5.37. The Balaban J connectivity index is 0.000000847. The molecule has 0 radical (unpaired) electrons. The van der Waals surface area contributed by atoms with Gasteiger partial charge in [0, 0.05) is 17.8 Å². The summed E-state index contributed by atoms with van der Waals surface area (Å²) in [6.07, 6.45) is 3.46. The number of hydrogen-bond acceptors (Lipinski definition) is 2. The number of aromatic nitrogens is 2. The second kappa shape index (κ2) is 7.07. The van der Waals surface area contributed by atoms with Crippen LogP contribution < -0.4 is 0 Å². The topological polar surface area (TPSA) is 34.9 Å². The summed E-state index contributed by atoms with van der Waals surface area (Å²) in [5, 5.41) is 1.49. The van der Waals surface area contributed by atoms with E-state index in [1.165, 1.54) is 0 Å². The van der Waals surface area contributed by atoms with E-state index in [1.807, 2.05) is 58.2 Å². The maximum atomic E-state index is 12.7. The highest BCUT2D eigenvalue weighted by molar-refractivity contribution is 7.83. The van der Waals surface area contributed by atoms with Crippen molar-refractivity contribution in [2.75, 3.05) is 0 Å². The molecule has 3 aromatic rings. The van der Waals surface area contributed by atoms with E-state index in [4.69, 9.17) is 11.6 Å². The summed E-state index contributed by atoms with van der Waals surface area (Å²) < 4.78 is 14.4. The molecule has 1 aromatic carbocycles. The third-order valence-electron chi connectivity index (χ3n) is 3.20. The van der Waals surface area contributed by atoms with Gasteiger partial charge in [0.05, 0.1) is 9.92 Å². The summed E-state index contributed by atoms with van der Waals surface area (Å²) in [5.74, 6) is 0. The Morgan fingerprint density at radius 1 is 1.09 bits per heavy atom. The standard InChI is InChI=1S/C15H13ClN2OS.C2H6/c1-10-3-5-12(6-4-10)20(19)18-9-11(2)14-13(16)7-8-17-15(14)18;1-2/h3-9H,1-2H3;1-2H3. The number of pyridine rings is 1. The Hall–Kier alpha value is -1.65. The van der Waals surface area contributed by atoms with Gasteiger partial charge in [-0.2, -0.15) is 0 Å². The van der Waals surface area contributed by atoms with E-state index in [1.54, 1.807) is 16.2 Å². The zero-order valence-corrected chi connectivity index (χ0v) is 14.7. The Morgan fingerprint density at radius 3 is 2.36 bits per heavy atom. The van der Waals surface area contributed by atoms with Crippen molar-refractivity contribution in [2.45, 2.75) is 32.6 Å². The molecule has 0 saturated carbocycles. The molecule has 2 heterocycles. The molecule has 22 heavy (non-hydrogen) atoms. The number of rotatable bonds is 2. The van der Waals surface area contributed by atoms with E-state index in [0.717, 1.165) is 21.4 Å². The van der Waals surface area contributed by atoms with Crippen LogP contribution in [0.1, 0.15) is 25.0 Å². The smallest absolute Gasteiger partial charge is 0.158 e. The fourth-order valence-electron chi connectivity index (χ4n) is 2.16. The van der Waals surface area contributed by atoms with Gasteiger partial charge in [-0.25, -0.2) is 13.2 Å². The van der Waals surface area contributed by atoms with Gasteiger partial charge >= 0.3 is 0 Å². The molecule has 0 bridgehead atoms. The number of benzene rings is 1.